The Morgan fingerprint density at radius 2 is 1.26 bits per heavy atom. The molecule has 54 heavy (non-hydrogen) atoms. The van der Waals surface area contributed by atoms with Crippen LogP contribution in [-0.2, 0) is 0 Å². The van der Waals surface area contributed by atoms with E-state index in [-0.39, 0.29) is 12.0 Å². The predicted molar refractivity (Wildman–Crippen MR) is 226 cm³/mol. The molecule has 0 saturated heterocycles. The summed E-state index contributed by atoms with van der Waals surface area (Å²) >= 11 is 0. The molecule has 0 fully saturated rings. The number of para-hydroxylation sites is 2. The van der Waals surface area contributed by atoms with Crippen molar-refractivity contribution >= 4 is 45.7 Å². The van der Waals surface area contributed by atoms with Crippen LogP contribution in [0.25, 0.3) is 28.3 Å². The van der Waals surface area contributed by atoms with Crippen molar-refractivity contribution in [3.05, 3.63) is 234 Å². The van der Waals surface area contributed by atoms with Gasteiger partial charge in [-0.15, -0.1) is 0 Å². The SMILES string of the molecule is C1=CC2C(C=C1c1cccc(N(c3cccnc3)c3cccc(/C4=C/C=C/c5ccccc5-c5cccc4c5)c3)c1)c1ccccc1N2c1ccccc1. The maximum atomic E-state index is 4.55. The number of allylic oxidation sites excluding steroid dienone is 4. The molecule has 3 nitrogen and oxygen atoms in total. The van der Waals surface area contributed by atoms with Crippen molar-refractivity contribution in [1.29, 1.82) is 0 Å². The third-order valence-electron chi connectivity index (χ3n) is 10.8. The maximum absolute atomic E-state index is 4.55. The van der Waals surface area contributed by atoms with Crippen molar-refractivity contribution in [2.24, 2.45) is 0 Å². The molecule has 6 aromatic carbocycles. The van der Waals surface area contributed by atoms with E-state index in [9.17, 15) is 0 Å². The summed E-state index contributed by atoms with van der Waals surface area (Å²) in [4.78, 5) is 9.35. The van der Waals surface area contributed by atoms with Crippen LogP contribution in [0.2, 0.25) is 0 Å². The summed E-state index contributed by atoms with van der Waals surface area (Å²) in [5, 5.41) is 0. The Bertz CT molecular complexity index is 2630. The highest BCUT2D eigenvalue weighted by Crippen LogP contribution is 2.49. The first-order chi connectivity index (χ1) is 26.8. The zero-order valence-corrected chi connectivity index (χ0v) is 29.7. The highest BCUT2D eigenvalue weighted by Gasteiger charge is 2.38. The van der Waals surface area contributed by atoms with Crippen molar-refractivity contribution in [1.82, 2.24) is 4.98 Å². The third-order valence-corrected chi connectivity index (χ3v) is 10.8. The lowest BCUT2D eigenvalue weighted by Gasteiger charge is -2.30. The number of aromatic nitrogens is 1. The van der Waals surface area contributed by atoms with Crippen LogP contribution in [0.5, 0.6) is 0 Å². The second-order valence-electron chi connectivity index (χ2n) is 14.0. The number of benzene rings is 6. The molecule has 0 amide bonds. The van der Waals surface area contributed by atoms with E-state index in [0.717, 1.165) is 22.6 Å². The lowest BCUT2D eigenvalue weighted by molar-refractivity contribution is 0.747. The number of hydrogen-bond acceptors (Lipinski definition) is 3. The molecule has 0 N–H and O–H groups in total. The first kappa shape index (κ1) is 31.7. The van der Waals surface area contributed by atoms with Gasteiger partial charge in [-0.05, 0) is 111 Å². The van der Waals surface area contributed by atoms with Gasteiger partial charge in [-0.25, -0.2) is 0 Å². The van der Waals surface area contributed by atoms with E-state index in [2.05, 4.69) is 209 Å². The first-order valence-corrected chi connectivity index (χ1v) is 18.6. The van der Waals surface area contributed by atoms with Gasteiger partial charge in [0, 0.05) is 34.9 Å². The predicted octanol–water partition coefficient (Wildman–Crippen LogP) is 12.9. The van der Waals surface area contributed by atoms with Crippen LogP contribution in [-0.4, -0.2) is 11.0 Å². The van der Waals surface area contributed by atoms with E-state index in [1.807, 2.05) is 18.5 Å². The minimum absolute atomic E-state index is 0.225. The molecule has 2 heterocycles. The van der Waals surface area contributed by atoms with Gasteiger partial charge in [0.25, 0.3) is 0 Å². The second kappa shape index (κ2) is 13.5. The fourth-order valence-corrected chi connectivity index (χ4v) is 8.37. The second-order valence-corrected chi connectivity index (χ2v) is 14.0. The van der Waals surface area contributed by atoms with Gasteiger partial charge in [-0.2, -0.15) is 0 Å². The minimum Gasteiger partial charge on any atom is -0.333 e. The van der Waals surface area contributed by atoms with E-state index in [1.165, 1.54) is 55.9 Å². The molecule has 0 spiro atoms. The van der Waals surface area contributed by atoms with E-state index in [0.29, 0.717) is 0 Å². The standard InChI is InChI=1S/C51H37N3/c1-2-19-42(20-3-1)54-50-27-7-6-25-48(50)49-34-38(28-29-51(49)54)37-15-9-21-43(32-37)53(45-23-12-30-52-35-45)44-22-10-18-41(33-44)47-26-11-14-36-13-4-5-24-46(36)39-16-8-17-40(47)31-39/h1-35,49,51H/b14-11+,47-26+. The summed E-state index contributed by atoms with van der Waals surface area (Å²) in [5.41, 5.74) is 16.6. The van der Waals surface area contributed by atoms with E-state index >= 15 is 0 Å². The number of anilines is 5. The average molecular weight is 692 g/mol. The smallest absolute Gasteiger partial charge is 0.0644 e. The molecule has 7 aromatic rings. The fraction of sp³-hybridized carbons (Fsp3) is 0.0392. The number of rotatable bonds is 6. The Morgan fingerprint density at radius 3 is 2.11 bits per heavy atom. The molecule has 3 aliphatic rings. The average Bonchev–Trinajstić information content (AvgIpc) is 3.59. The zero-order chi connectivity index (χ0) is 35.8. The lowest BCUT2D eigenvalue weighted by Crippen LogP contribution is -2.28. The van der Waals surface area contributed by atoms with Crippen LogP contribution in [0, 0.1) is 0 Å². The Morgan fingerprint density at radius 1 is 0.556 bits per heavy atom. The van der Waals surface area contributed by atoms with Crippen LogP contribution in [0.1, 0.15) is 33.7 Å². The molecule has 2 unspecified atom stereocenters. The van der Waals surface area contributed by atoms with Gasteiger partial charge in [0.2, 0.25) is 0 Å². The first-order valence-electron chi connectivity index (χ1n) is 18.6. The molecule has 3 heteroatoms. The topological polar surface area (TPSA) is 19.4 Å². The fourth-order valence-electron chi connectivity index (χ4n) is 8.37. The molecule has 1 aliphatic heterocycles. The van der Waals surface area contributed by atoms with Crippen molar-refractivity contribution in [3.63, 3.8) is 0 Å². The maximum Gasteiger partial charge on any atom is 0.0644 e. The van der Waals surface area contributed by atoms with Crippen molar-refractivity contribution in [2.45, 2.75) is 12.0 Å². The normalized spacial score (nSPS) is 18.1. The highest BCUT2D eigenvalue weighted by molar-refractivity contribution is 5.90. The quantitative estimate of drug-likeness (QED) is 0.173. The molecular formula is C51H37N3. The molecular weight excluding hydrogens is 655 g/mol. The van der Waals surface area contributed by atoms with Gasteiger partial charge in [0.1, 0.15) is 0 Å². The summed E-state index contributed by atoms with van der Waals surface area (Å²) in [7, 11) is 0. The molecule has 256 valence electrons. The van der Waals surface area contributed by atoms with Gasteiger partial charge >= 0.3 is 0 Å². The number of nitrogens with zero attached hydrogens (tertiary/aromatic N) is 3. The molecule has 2 bridgehead atoms. The number of pyridine rings is 1. The number of fused-ring (bicyclic) bond motifs is 7. The van der Waals surface area contributed by atoms with E-state index in [4.69, 9.17) is 0 Å². The van der Waals surface area contributed by atoms with Gasteiger partial charge in [0.05, 0.1) is 17.9 Å². The van der Waals surface area contributed by atoms with Gasteiger partial charge in [0.15, 0.2) is 0 Å². The van der Waals surface area contributed by atoms with Crippen LogP contribution in [0.15, 0.2) is 207 Å². The largest absolute Gasteiger partial charge is 0.333 e. The molecule has 2 aliphatic carbocycles. The Labute approximate surface area is 316 Å². The van der Waals surface area contributed by atoms with E-state index in [1.54, 1.807) is 0 Å². The van der Waals surface area contributed by atoms with Crippen LogP contribution in [0.4, 0.5) is 28.4 Å². The molecule has 0 radical (unpaired) electrons. The van der Waals surface area contributed by atoms with Crippen molar-refractivity contribution in [3.8, 4) is 11.1 Å². The van der Waals surface area contributed by atoms with Gasteiger partial charge < -0.3 is 9.80 Å². The Hall–Kier alpha value is -6.97. The van der Waals surface area contributed by atoms with Gasteiger partial charge in [-0.3, -0.25) is 4.98 Å². The van der Waals surface area contributed by atoms with Crippen LogP contribution < -0.4 is 9.80 Å². The van der Waals surface area contributed by atoms with Crippen LogP contribution >= 0.6 is 0 Å². The number of hydrogen-bond donors (Lipinski definition) is 0. The Kier molecular flexibility index (Phi) is 7.96. The third kappa shape index (κ3) is 5.67. The minimum atomic E-state index is 0.225. The Balaban J connectivity index is 1.03. The summed E-state index contributed by atoms with van der Waals surface area (Å²) in [5.74, 6) is 0.248. The molecule has 0 saturated carbocycles. The van der Waals surface area contributed by atoms with Crippen molar-refractivity contribution in [2.75, 3.05) is 9.80 Å². The summed E-state index contributed by atoms with van der Waals surface area (Å²) in [6, 6.07) is 59.2. The van der Waals surface area contributed by atoms with Gasteiger partial charge in [-0.1, -0.05) is 140 Å². The monoisotopic (exact) mass is 691 g/mol. The summed E-state index contributed by atoms with van der Waals surface area (Å²) < 4.78 is 0. The van der Waals surface area contributed by atoms with E-state index < -0.39 is 0 Å². The van der Waals surface area contributed by atoms with Crippen LogP contribution in [0.3, 0.4) is 0 Å². The molecule has 10 rings (SSSR count). The molecule has 2 atom stereocenters. The zero-order valence-electron chi connectivity index (χ0n) is 29.7. The van der Waals surface area contributed by atoms with Crippen molar-refractivity contribution < 1.29 is 0 Å². The lowest BCUT2D eigenvalue weighted by atomic mass is 9.86. The summed E-state index contributed by atoms with van der Waals surface area (Å²) in [6.07, 6.45) is 17.6. The highest BCUT2D eigenvalue weighted by atomic mass is 15.2. The molecule has 1 aromatic heterocycles. The summed E-state index contributed by atoms with van der Waals surface area (Å²) in [6.45, 7) is 0.